The average molecular weight is 224 g/mol. The van der Waals surface area contributed by atoms with Gasteiger partial charge in [0.2, 0.25) is 0 Å². The van der Waals surface area contributed by atoms with Gasteiger partial charge in [0.25, 0.3) is 0 Å². The second-order valence-corrected chi connectivity index (χ2v) is 5.17. The third kappa shape index (κ3) is 5.69. The van der Waals surface area contributed by atoms with Gasteiger partial charge < -0.3 is 5.11 Å². The number of aliphatic hydroxyl groups excluding tert-OH is 1. The van der Waals surface area contributed by atoms with Crippen molar-refractivity contribution in [3.63, 3.8) is 0 Å². The first-order valence-corrected chi connectivity index (χ1v) is 7.19. The molecule has 1 saturated carbocycles. The quantitative estimate of drug-likeness (QED) is 0.500. The molecule has 0 unspecified atom stereocenters. The van der Waals surface area contributed by atoms with Crippen molar-refractivity contribution in [3.8, 4) is 0 Å². The molecular weight excluding hydrogens is 196 g/mol. The van der Waals surface area contributed by atoms with Crippen molar-refractivity contribution >= 4 is 0 Å². The predicted octanol–water partition coefficient (Wildman–Crippen LogP) is 4.45. The Balaban J connectivity index is 2.07. The minimum Gasteiger partial charge on any atom is -0.389 e. The van der Waals surface area contributed by atoms with Gasteiger partial charge in [0, 0.05) is 0 Å². The Hall–Kier alpha value is -0.300. The van der Waals surface area contributed by atoms with Gasteiger partial charge in [-0.1, -0.05) is 57.6 Å². The number of rotatable bonds is 7. The lowest BCUT2D eigenvalue weighted by Gasteiger charge is -2.24. The number of aliphatic hydroxyl groups is 1. The van der Waals surface area contributed by atoms with Gasteiger partial charge in [0.1, 0.15) is 0 Å². The van der Waals surface area contributed by atoms with Crippen LogP contribution in [0.15, 0.2) is 12.2 Å². The summed E-state index contributed by atoms with van der Waals surface area (Å²) in [5.41, 5.74) is 0. The maximum absolute atomic E-state index is 9.99. The van der Waals surface area contributed by atoms with Crippen LogP contribution in [0, 0.1) is 5.92 Å². The van der Waals surface area contributed by atoms with Crippen molar-refractivity contribution in [2.45, 2.75) is 77.2 Å². The number of unbranched alkanes of at least 4 members (excludes halogenated alkanes) is 4. The molecule has 1 fully saturated rings. The molecule has 0 saturated heterocycles. The first-order valence-electron chi connectivity index (χ1n) is 7.19. The Bertz CT molecular complexity index is 180. The first-order chi connectivity index (χ1) is 7.84. The van der Waals surface area contributed by atoms with Crippen LogP contribution in [0.5, 0.6) is 0 Å². The Morgan fingerprint density at radius 2 is 1.88 bits per heavy atom. The molecule has 0 aromatic carbocycles. The Morgan fingerprint density at radius 3 is 2.56 bits per heavy atom. The second kappa shape index (κ2) is 8.81. The largest absolute Gasteiger partial charge is 0.389 e. The number of hydrogen-bond acceptors (Lipinski definition) is 1. The van der Waals surface area contributed by atoms with Crippen molar-refractivity contribution in [2.75, 3.05) is 0 Å². The second-order valence-electron chi connectivity index (χ2n) is 5.17. The fraction of sp³-hybridized carbons (Fsp3) is 0.867. The van der Waals surface area contributed by atoms with E-state index in [4.69, 9.17) is 0 Å². The van der Waals surface area contributed by atoms with Gasteiger partial charge in [-0.05, 0) is 31.6 Å². The lowest BCUT2D eigenvalue weighted by molar-refractivity contribution is 0.125. The van der Waals surface area contributed by atoms with Gasteiger partial charge in [-0.15, -0.1) is 0 Å². The summed E-state index contributed by atoms with van der Waals surface area (Å²) in [6.07, 6.45) is 16.9. The minimum atomic E-state index is -0.175. The fourth-order valence-corrected chi connectivity index (χ4v) is 2.56. The van der Waals surface area contributed by atoms with Gasteiger partial charge in [0.05, 0.1) is 6.10 Å². The van der Waals surface area contributed by atoms with Gasteiger partial charge >= 0.3 is 0 Å². The molecule has 0 radical (unpaired) electrons. The first kappa shape index (κ1) is 13.8. The molecule has 1 N–H and O–H groups in total. The summed E-state index contributed by atoms with van der Waals surface area (Å²) in [6.45, 7) is 2.24. The third-order valence-corrected chi connectivity index (χ3v) is 3.69. The summed E-state index contributed by atoms with van der Waals surface area (Å²) in [5.74, 6) is 0.542. The van der Waals surface area contributed by atoms with Gasteiger partial charge in [-0.3, -0.25) is 0 Å². The lowest BCUT2D eigenvalue weighted by Crippen LogP contribution is -2.20. The van der Waals surface area contributed by atoms with Crippen LogP contribution >= 0.6 is 0 Å². The number of allylic oxidation sites excluding steroid dienone is 1. The Morgan fingerprint density at radius 1 is 1.12 bits per heavy atom. The van der Waals surface area contributed by atoms with Gasteiger partial charge in [-0.2, -0.15) is 0 Å². The van der Waals surface area contributed by atoms with E-state index in [0.29, 0.717) is 5.92 Å². The van der Waals surface area contributed by atoms with Gasteiger partial charge in [0.15, 0.2) is 0 Å². The van der Waals surface area contributed by atoms with E-state index in [2.05, 4.69) is 13.0 Å². The zero-order chi connectivity index (χ0) is 11.6. The van der Waals surface area contributed by atoms with Crippen LogP contribution in [-0.2, 0) is 0 Å². The predicted molar refractivity (Wildman–Crippen MR) is 70.5 cm³/mol. The molecule has 1 aliphatic carbocycles. The molecule has 16 heavy (non-hydrogen) atoms. The van der Waals surface area contributed by atoms with E-state index >= 15 is 0 Å². The molecule has 1 nitrogen and oxygen atoms in total. The molecule has 0 spiro atoms. The van der Waals surface area contributed by atoms with Crippen LogP contribution in [0.2, 0.25) is 0 Å². The fourth-order valence-electron chi connectivity index (χ4n) is 2.56. The van der Waals surface area contributed by atoms with Crippen LogP contribution < -0.4 is 0 Å². The molecule has 1 aliphatic rings. The molecule has 0 heterocycles. The maximum Gasteiger partial charge on any atom is 0.0749 e. The molecule has 1 atom stereocenters. The lowest BCUT2D eigenvalue weighted by atomic mass is 9.85. The summed E-state index contributed by atoms with van der Waals surface area (Å²) < 4.78 is 0. The van der Waals surface area contributed by atoms with E-state index < -0.39 is 0 Å². The van der Waals surface area contributed by atoms with Crippen molar-refractivity contribution < 1.29 is 5.11 Å². The van der Waals surface area contributed by atoms with Crippen molar-refractivity contribution in [1.29, 1.82) is 0 Å². The highest BCUT2D eigenvalue weighted by molar-refractivity contribution is 4.92. The van der Waals surface area contributed by atoms with E-state index in [0.717, 1.165) is 6.42 Å². The topological polar surface area (TPSA) is 20.2 Å². The zero-order valence-corrected chi connectivity index (χ0v) is 10.8. The Kier molecular flexibility index (Phi) is 7.58. The van der Waals surface area contributed by atoms with Gasteiger partial charge in [-0.25, -0.2) is 0 Å². The standard InChI is InChI=1S/C15H28O/c1-2-3-4-5-6-10-13-15(16)14-11-8-7-9-12-14/h10,13-16H,2-9,11-12H2,1H3/b13-10+/t15-/m0/s1. The summed E-state index contributed by atoms with van der Waals surface area (Å²) in [6, 6.07) is 0. The summed E-state index contributed by atoms with van der Waals surface area (Å²) >= 11 is 0. The summed E-state index contributed by atoms with van der Waals surface area (Å²) in [7, 11) is 0. The minimum absolute atomic E-state index is 0.175. The van der Waals surface area contributed by atoms with E-state index in [9.17, 15) is 5.11 Å². The highest BCUT2D eigenvalue weighted by Gasteiger charge is 2.18. The Labute approximate surface area is 101 Å². The van der Waals surface area contributed by atoms with Crippen molar-refractivity contribution in [2.24, 2.45) is 5.92 Å². The molecule has 0 aromatic heterocycles. The zero-order valence-electron chi connectivity index (χ0n) is 10.8. The molecule has 0 amide bonds. The third-order valence-electron chi connectivity index (χ3n) is 3.69. The van der Waals surface area contributed by atoms with Crippen molar-refractivity contribution in [1.82, 2.24) is 0 Å². The van der Waals surface area contributed by atoms with E-state index in [1.807, 2.05) is 6.08 Å². The molecule has 94 valence electrons. The van der Waals surface area contributed by atoms with Crippen LogP contribution in [-0.4, -0.2) is 11.2 Å². The van der Waals surface area contributed by atoms with Crippen molar-refractivity contribution in [3.05, 3.63) is 12.2 Å². The molecule has 0 bridgehead atoms. The summed E-state index contributed by atoms with van der Waals surface area (Å²) in [5, 5.41) is 9.99. The van der Waals surface area contributed by atoms with E-state index in [1.165, 1.54) is 57.8 Å². The SMILES string of the molecule is CCCCCC/C=C/[C@H](O)C1CCCCC1. The van der Waals surface area contributed by atoms with E-state index in [1.54, 1.807) is 0 Å². The summed E-state index contributed by atoms with van der Waals surface area (Å²) in [4.78, 5) is 0. The maximum atomic E-state index is 9.99. The average Bonchev–Trinajstić information content (AvgIpc) is 2.34. The van der Waals surface area contributed by atoms with Crippen LogP contribution in [0.1, 0.15) is 71.1 Å². The highest BCUT2D eigenvalue weighted by Crippen LogP contribution is 2.26. The van der Waals surface area contributed by atoms with E-state index in [-0.39, 0.29) is 6.10 Å². The molecule has 1 heteroatoms. The smallest absolute Gasteiger partial charge is 0.0749 e. The monoisotopic (exact) mass is 224 g/mol. The van der Waals surface area contributed by atoms with Crippen LogP contribution in [0.3, 0.4) is 0 Å². The highest BCUT2D eigenvalue weighted by atomic mass is 16.3. The number of hydrogen-bond donors (Lipinski definition) is 1. The molecule has 0 aliphatic heterocycles. The normalized spacial score (nSPS) is 20.4. The van der Waals surface area contributed by atoms with Crippen LogP contribution in [0.25, 0.3) is 0 Å². The molecule has 1 rings (SSSR count). The molecule has 0 aromatic rings. The van der Waals surface area contributed by atoms with Crippen LogP contribution in [0.4, 0.5) is 0 Å². The molecular formula is C15H28O.